The number of hydrogen-bond donors (Lipinski definition) is 2. The number of carbonyl (C=O) groups is 1. The van der Waals surface area contributed by atoms with Crippen molar-refractivity contribution in [2.45, 2.75) is 20.0 Å². The van der Waals surface area contributed by atoms with Crippen molar-refractivity contribution in [3.63, 3.8) is 0 Å². The Bertz CT molecular complexity index is 488. The minimum absolute atomic E-state index is 0.305. The Morgan fingerprint density at radius 1 is 1.50 bits per heavy atom. The van der Waals surface area contributed by atoms with E-state index in [9.17, 15) is 14.3 Å². The lowest BCUT2D eigenvalue weighted by Crippen LogP contribution is -2.23. The fourth-order valence-corrected chi connectivity index (χ4v) is 2.19. The summed E-state index contributed by atoms with van der Waals surface area (Å²) in [6, 6.07) is 2.80. The van der Waals surface area contributed by atoms with Gasteiger partial charge in [-0.2, -0.15) is 0 Å². The molecule has 18 heavy (non-hydrogen) atoms. The van der Waals surface area contributed by atoms with Gasteiger partial charge in [0.25, 0.3) is 5.91 Å². The maximum atomic E-state index is 14.0. The summed E-state index contributed by atoms with van der Waals surface area (Å²) in [5.41, 5.74) is 1.22. The van der Waals surface area contributed by atoms with Crippen LogP contribution in [0.1, 0.15) is 25.5 Å². The topological polar surface area (TPSA) is 52.6 Å². The first kappa shape index (κ1) is 12.8. The quantitative estimate of drug-likeness (QED) is 0.864. The summed E-state index contributed by atoms with van der Waals surface area (Å²) in [5, 5.41) is 12.1. The molecule has 1 amide bonds. The molecule has 1 atom stereocenters. The van der Waals surface area contributed by atoms with Crippen molar-refractivity contribution in [3.05, 3.63) is 23.5 Å². The largest absolute Gasteiger partial charge is 0.378 e. The minimum Gasteiger partial charge on any atom is -0.378 e. The Morgan fingerprint density at radius 3 is 2.78 bits per heavy atom. The summed E-state index contributed by atoms with van der Waals surface area (Å²) >= 11 is 0. The first-order chi connectivity index (χ1) is 8.40. The van der Waals surface area contributed by atoms with Crippen molar-refractivity contribution >= 4 is 17.3 Å². The molecular formula is C13H17FN2O2. The van der Waals surface area contributed by atoms with Crippen LogP contribution in [0.5, 0.6) is 0 Å². The fourth-order valence-electron chi connectivity index (χ4n) is 2.19. The van der Waals surface area contributed by atoms with Gasteiger partial charge >= 0.3 is 0 Å². The predicted molar refractivity (Wildman–Crippen MR) is 68.1 cm³/mol. The summed E-state index contributed by atoms with van der Waals surface area (Å²) in [7, 11) is 1.80. The SMILES string of the molecule is CC(C)CN(C)c1cc2c(cc1F)C(O)C(=O)N2. The number of rotatable bonds is 3. The molecule has 4 nitrogen and oxygen atoms in total. The van der Waals surface area contributed by atoms with E-state index in [1.807, 2.05) is 13.8 Å². The Morgan fingerprint density at radius 2 is 2.17 bits per heavy atom. The van der Waals surface area contributed by atoms with Crippen molar-refractivity contribution in [1.29, 1.82) is 0 Å². The number of anilines is 2. The van der Waals surface area contributed by atoms with Crippen LogP contribution in [0.15, 0.2) is 12.1 Å². The van der Waals surface area contributed by atoms with E-state index >= 15 is 0 Å². The highest BCUT2D eigenvalue weighted by Gasteiger charge is 2.30. The van der Waals surface area contributed by atoms with Gasteiger partial charge in [0.2, 0.25) is 0 Å². The number of carbonyl (C=O) groups excluding carboxylic acids is 1. The van der Waals surface area contributed by atoms with Crippen LogP contribution in [0.25, 0.3) is 0 Å². The molecule has 0 aliphatic carbocycles. The van der Waals surface area contributed by atoms with Gasteiger partial charge in [-0.15, -0.1) is 0 Å². The van der Waals surface area contributed by atoms with Gasteiger partial charge in [-0.25, -0.2) is 4.39 Å². The van der Waals surface area contributed by atoms with Gasteiger partial charge in [-0.1, -0.05) is 13.8 Å². The normalized spacial score (nSPS) is 17.9. The van der Waals surface area contributed by atoms with Crippen LogP contribution < -0.4 is 10.2 Å². The van der Waals surface area contributed by atoms with Crippen LogP contribution in [0.2, 0.25) is 0 Å². The summed E-state index contributed by atoms with van der Waals surface area (Å²) in [4.78, 5) is 13.1. The summed E-state index contributed by atoms with van der Waals surface area (Å²) in [6.07, 6.45) is -1.26. The van der Waals surface area contributed by atoms with E-state index in [0.717, 1.165) is 0 Å². The second-order valence-electron chi connectivity index (χ2n) is 5.06. The first-order valence-electron chi connectivity index (χ1n) is 5.93. The monoisotopic (exact) mass is 252 g/mol. The van der Waals surface area contributed by atoms with Crippen LogP contribution >= 0.6 is 0 Å². The van der Waals surface area contributed by atoms with Crippen LogP contribution in [0.3, 0.4) is 0 Å². The predicted octanol–water partition coefficient (Wildman–Crippen LogP) is 1.90. The lowest BCUT2D eigenvalue weighted by molar-refractivity contribution is -0.123. The van der Waals surface area contributed by atoms with Crippen molar-refractivity contribution < 1.29 is 14.3 Å². The molecule has 2 rings (SSSR count). The van der Waals surface area contributed by atoms with Crippen molar-refractivity contribution in [2.24, 2.45) is 5.92 Å². The van der Waals surface area contributed by atoms with E-state index in [2.05, 4.69) is 5.32 Å². The number of fused-ring (bicyclic) bond motifs is 1. The second-order valence-corrected chi connectivity index (χ2v) is 5.06. The zero-order chi connectivity index (χ0) is 13.4. The molecule has 98 valence electrons. The maximum absolute atomic E-state index is 14.0. The number of hydrogen-bond acceptors (Lipinski definition) is 3. The van der Waals surface area contributed by atoms with Gasteiger partial charge in [-0.05, 0) is 18.1 Å². The number of amides is 1. The molecular weight excluding hydrogens is 235 g/mol. The van der Waals surface area contributed by atoms with Crippen molar-refractivity contribution in [1.82, 2.24) is 0 Å². The Balaban J connectivity index is 2.35. The van der Waals surface area contributed by atoms with Crippen LogP contribution in [-0.2, 0) is 4.79 Å². The fraction of sp³-hybridized carbons (Fsp3) is 0.462. The number of aliphatic hydroxyl groups excluding tert-OH is 1. The molecule has 2 N–H and O–H groups in total. The molecule has 1 aromatic carbocycles. The molecule has 5 heteroatoms. The van der Waals surface area contributed by atoms with Gasteiger partial charge in [0.05, 0.1) is 5.69 Å². The van der Waals surface area contributed by atoms with E-state index in [1.165, 1.54) is 6.07 Å². The molecule has 1 aromatic rings. The van der Waals surface area contributed by atoms with E-state index < -0.39 is 17.8 Å². The molecule has 1 aliphatic heterocycles. The smallest absolute Gasteiger partial charge is 0.257 e. The van der Waals surface area contributed by atoms with Crippen molar-refractivity contribution in [2.75, 3.05) is 23.8 Å². The highest BCUT2D eigenvalue weighted by molar-refractivity contribution is 6.02. The maximum Gasteiger partial charge on any atom is 0.257 e. The standard InChI is InChI=1S/C13H17FN2O2/c1-7(2)6-16(3)11-5-10-8(4-9(11)14)12(17)13(18)15-10/h4-5,7,12,17H,6H2,1-3H3,(H,15,18). The molecule has 1 heterocycles. The highest BCUT2D eigenvalue weighted by atomic mass is 19.1. The number of benzene rings is 1. The molecule has 0 spiro atoms. The van der Waals surface area contributed by atoms with Crippen molar-refractivity contribution in [3.8, 4) is 0 Å². The molecule has 1 unspecified atom stereocenters. The number of halogens is 1. The zero-order valence-corrected chi connectivity index (χ0v) is 10.7. The van der Waals surface area contributed by atoms with Crippen LogP contribution in [0, 0.1) is 11.7 Å². The average molecular weight is 252 g/mol. The van der Waals surface area contributed by atoms with Gasteiger partial charge in [0.1, 0.15) is 5.82 Å². The average Bonchev–Trinajstić information content (AvgIpc) is 2.53. The lowest BCUT2D eigenvalue weighted by Gasteiger charge is -2.22. The van der Waals surface area contributed by atoms with Crippen LogP contribution in [0.4, 0.5) is 15.8 Å². The van der Waals surface area contributed by atoms with E-state index in [0.29, 0.717) is 29.4 Å². The third-order valence-corrected chi connectivity index (χ3v) is 2.97. The third kappa shape index (κ3) is 2.18. The second kappa shape index (κ2) is 4.57. The number of nitrogens with one attached hydrogen (secondary N) is 1. The third-order valence-electron chi connectivity index (χ3n) is 2.97. The van der Waals surface area contributed by atoms with Gasteiger partial charge in [0, 0.05) is 24.8 Å². The lowest BCUT2D eigenvalue weighted by atomic mass is 10.1. The Labute approximate surface area is 105 Å². The zero-order valence-electron chi connectivity index (χ0n) is 10.7. The summed E-state index contributed by atoms with van der Waals surface area (Å²) < 4.78 is 14.0. The van der Waals surface area contributed by atoms with Crippen LogP contribution in [-0.4, -0.2) is 24.6 Å². The molecule has 0 fully saturated rings. The number of nitrogens with zero attached hydrogens (tertiary/aromatic N) is 1. The van der Waals surface area contributed by atoms with E-state index in [-0.39, 0.29) is 0 Å². The molecule has 0 aromatic heterocycles. The Hall–Kier alpha value is -1.62. The summed E-state index contributed by atoms with van der Waals surface area (Å²) in [6.45, 7) is 4.81. The van der Waals surface area contributed by atoms with E-state index in [1.54, 1.807) is 18.0 Å². The minimum atomic E-state index is -1.26. The van der Waals surface area contributed by atoms with Gasteiger partial charge in [-0.3, -0.25) is 4.79 Å². The summed E-state index contributed by atoms with van der Waals surface area (Å²) in [5.74, 6) is -0.525. The Kier molecular flexibility index (Phi) is 3.26. The number of aliphatic hydroxyl groups is 1. The first-order valence-corrected chi connectivity index (χ1v) is 5.93. The highest BCUT2D eigenvalue weighted by Crippen LogP contribution is 2.35. The van der Waals surface area contributed by atoms with Gasteiger partial charge in [0.15, 0.2) is 6.10 Å². The molecule has 0 radical (unpaired) electrons. The molecule has 0 bridgehead atoms. The van der Waals surface area contributed by atoms with Gasteiger partial charge < -0.3 is 15.3 Å². The van der Waals surface area contributed by atoms with E-state index in [4.69, 9.17) is 0 Å². The molecule has 0 saturated carbocycles. The molecule has 0 saturated heterocycles. The molecule has 1 aliphatic rings.